The summed E-state index contributed by atoms with van der Waals surface area (Å²) in [4.78, 5) is 0. The van der Waals surface area contributed by atoms with Crippen LogP contribution in [0.2, 0.25) is 0 Å². The molecule has 0 bridgehead atoms. The minimum absolute atomic E-state index is 0.103. The largest absolute Gasteiger partial charge is 0.573 e. The van der Waals surface area contributed by atoms with Crippen LogP contribution in [0, 0.1) is 0 Å². The highest BCUT2D eigenvalue weighted by Crippen LogP contribution is 2.21. The number of hydrogen-bond donors (Lipinski definition) is 0. The number of ether oxygens (including phenoxy) is 2. The second-order valence-corrected chi connectivity index (χ2v) is 4.61. The van der Waals surface area contributed by atoms with Crippen molar-refractivity contribution in [2.45, 2.75) is 25.8 Å². The molecule has 0 radical (unpaired) electrons. The fourth-order valence-corrected chi connectivity index (χ4v) is 1.89. The van der Waals surface area contributed by atoms with Gasteiger partial charge in [0.05, 0.1) is 13.2 Å². The van der Waals surface area contributed by atoms with Crippen LogP contribution in [0.4, 0.5) is 13.2 Å². The second-order valence-electron chi connectivity index (χ2n) is 4.61. The Balaban J connectivity index is 1.86. The Kier molecular flexibility index (Phi) is 5.49. The summed E-state index contributed by atoms with van der Waals surface area (Å²) in [6, 6.07) is 5.43. The Labute approximate surface area is 121 Å². The third kappa shape index (κ3) is 5.22. The molecule has 1 aliphatic heterocycles. The van der Waals surface area contributed by atoms with Crippen molar-refractivity contribution < 1.29 is 32.0 Å². The van der Waals surface area contributed by atoms with Crippen LogP contribution in [0.5, 0.6) is 5.75 Å². The van der Waals surface area contributed by atoms with Crippen molar-refractivity contribution in [2.75, 3.05) is 19.8 Å². The zero-order valence-corrected chi connectivity index (χ0v) is 11.6. The van der Waals surface area contributed by atoms with E-state index in [9.17, 15) is 13.2 Å². The van der Waals surface area contributed by atoms with E-state index in [0.717, 1.165) is 6.42 Å². The molecule has 0 atom stereocenters. The molecule has 4 nitrogen and oxygen atoms in total. The fraction of sp³-hybridized carbons (Fsp3) is 0.538. The first-order valence-electron chi connectivity index (χ1n) is 6.68. The lowest BCUT2D eigenvalue weighted by Crippen LogP contribution is -2.47. The van der Waals surface area contributed by atoms with Gasteiger partial charge < -0.3 is 18.8 Å². The smallest absolute Gasteiger partial charge is 0.406 e. The summed E-state index contributed by atoms with van der Waals surface area (Å²) in [6.45, 7) is 3.44. The van der Waals surface area contributed by atoms with E-state index in [1.807, 2.05) is 6.92 Å². The highest BCUT2D eigenvalue weighted by Gasteiger charge is 2.32. The molecule has 0 saturated carbocycles. The van der Waals surface area contributed by atoms with E-state index < -0.39 is 13.5 Å². The lowest BCUT2D eigenvalue weighted by atomic mass is 9.78. The Hall–Kier alpha value is -1.25. The molecule has 0 aliphatic carbocycles. The van der Waals surface area contributed by atoms with Gasteiger partial charge in [0.15, 0.2) is 0 Å². The van der Waals surface area contributed by atoms with Gasteiger partial charge in [0.2, 0.25) is 0 Å². The molecule has 0 unspecified atom stereocenters. The third-order valence-corrected chi connectivity index (χ3v) is 2.81. The Morgan fingerprint density at radius 3 is 2.33 bits per heavy atom. The average Bonchev–Trinajstić information content (AvgIpc) is 2.45. The molecule has 0 N–H and O–H groups in total. The first kappa shape index (κ1) is 16.1. The molecule has 1 fully saturated rings. The van der Waals surface area contributed by atoms with E-state index in [1.54, 1.807) is 0 Å². The molecule has 0 spiro atoms. The second kappa shape index (κ2) is 7.15. The Bertz CT molecular complexity index is 430. The number of halogens is 3. The van der Waals surface area contributed by atoms with E-state index in [-0.39, 0.29) is 11.9 Å². The van der Waals surface area contributed by atoms with Crippen LogP contribution in [0.25, 0.3) is 0 Å². The van der Waals surface area contributed by atoms with Gasteiger partial charge in [-0.2, -0.15) is 0 Å². The van der Waals surface area contributed by atoms with Crippen molar-refractivity contribution in [2.24, 2.45) is 0 Å². The minimum Gasteiger partial charge on any atom is -0.406 e. The molecule has 116 valence electrons. The molecule has 8 heteroatoms. The predicted octanol–water partition coefficient (Wildman–Crippen LogP) is 2.12. The third-order valence-electron chi connectivity index (χ3n) is 2.81. The molecule has 2 rings (SSSR count). The summed E-state index contributed by atoms with van der Waals surface area (Å²) in [5.74, 6) is -0.272. The SMILES string of the molecule is CCCOC1COB(c2ccc(OC(F)(F)F)cc2)OC1. The fourth-order valence-electron chi connectivity index (χ4n) is 1.89. The summed E-state index contributed by atoms with van der Waals surface area (Å²) in [5, 5.41) is 0. The molecule has 1 heterocycles. The number of hydrogen-bond acceptors (Lipinski definition) is 4. The lowest BCUT2D eigenvalue weighted by molar-refractivity contribution is -0.274. The van der Waals surface area contributed by atoms with Crippen molar-refractivity contribution in [3.8, 4) is 5.75 Å². The van der Waals surface area contributed by atoms with Gasteiger partial charge in [-0.25, -0.2) is 0 Å². The highest BCUT2D eigenvalue weighted by molar-refractivity contribution is 6.61. The summed E-state index contributed by atoms with van der Waals surface area (Å²) in [7, 11) is -0.591. The van der Waals surface area contributed by atoms with Crippen LogP contribution < -0.4 is 10.2 Å². The van der Waals surface area contributed by atoms with Gasteiger partial charge in [0, 0.05) is 6.61 Å². The number of alkyl halides is 3. The molecular formula is C13H16BF3O4. The molecule has 0 amide bonds. The number of rotatable bonds is 5. The van der Waals surface area contributed by atoms with Crippen LogP contribution in [-0.4, -0.2) is 39.4 Å². The number of benzene rings is 1. The van der Waals surface area contributed by atoms with E-state index in [4.69, 9.17) is 14.0 Å². The van der Waals surface area contributed by atoms with Crippen molar-refractivity contribution in [3.63, 3.8) is 0 Å². The van der Waals surface area contributed by atoms with Gasteiger partial charge in [-0.1, -0.05) is 19.1 Å². The lowest BCUT2D eigenvalue weighted by Gasteiger charge is -2.27. The van der Waals surface area contributed by atoms with Crippen molar-refractivity contribution in [1.82, 2.24) is 0 Å². The molecule has 1 aromatic carbocycles. The van der Waals surface area contributed by atoms with Crippen LogP contribution >= 0.6 is 0 Å². The molecule has 1 aromatic rings. The van der Waals surface area contributed by atoms with E-state index >= 15 is 0 Å². The van der Waals surface area contributed by atoms with E-state index in [2.05, 4.69) is 4.74 Å². The van der Waals surface area contributed by atoms with Crippen LogP contribution in [-0.2, 0) is 14.0 Å². The monoisotopic (exact) mass is 304 g/mol. The predicted molar refractivity (Wildman–Crippen MR) is 70.4 cm³/mol. The zero-order valence-electron chi connectivity index (χ0n) is 11.6. The first-order valence-corrected chi connectivity index (χ1v) is 6.68. The highest BCUT2D eigenvalue weighted by atomic mass is 19.4. The maximum atomic E-state index is 12.1. The maximum Gasteiger partial charge on any atom is 0.573 e. The first-order chi connectivity index (χ1) is 9.98. The molecular weight excluding hydrogens is 288 g/mol. The van der Waals surface area contributed by atoms with E-state index in [0.29, 0.717) is 25.3 Å². The topological polar surface area (TPSA) is 36.9 Å². The van der Waals surface area contributed by atoms with Crippen molar-refractivity contribution >= 4 is 12.6 Å². The van der Waals surface area contributed by atoms with Crippen molar-refractivity contribution in [1.29, 1.82) is 0 Å². The van der Waals surface area contributed by atoms with Crippen LogP contribution in [0.15, 0.2) is 24.3 Å². The van der Waals surface area contributed by atoms with Gasteiger partial charge in [-0.15, -0.1) is 13.2 Å². The van der Waals surface area contributed by atoms with Gasteiger partial charge in [0.1, 0.15) is 11.9 Å². The maximum absolute atomic E-state index is 12.1. The normalized spacial score (nSPS) is 17.0. The van der Waals surface area contributed by atoms with Gasteiger partial charge in [0.25, 0.3) is 0 Å². The Morgan fingerprint density at radius 1 is 1.19 bits per heavy atom. The molecule has 1 saturated heterocycles. The van der Waals surface area contributed by atoms with Crippen LogP contribution in [0.1, 0.15) is 13.3 Å². The summed E-state index contributed by atoms with van der Waals surface area (Å²) < 4.78 is 56.5. The summed E-state index contributed by atoms with van der Waals surface area (Å²) in [6.07, 6.45) is -3.88. The van der Waals surface area contributed by atoms with E-state index in [1.165, 1.54) is 24.3 Å². The van der Waals surface area contributed by atoms with Gasteiger partial charge in [-0.05, 0) is 24.0 Å². The zero-order chi connectivity index (χ0) is 15.3. The summed E-state index contributed by atoms with van der Waals surface area (Å²) in [5.41, 5.74) is 0.637. The summed E-state index contributed by atoms with van der Waals surface area (Å²) >= 11 is 0. The minimum atomic E-state index is -4.69. The molecule has 1 aliphatic rings. The van der Waals surface area contributed by atoms with Gasteiger partial charge in [-0.3, -0.25) is 0 Å². The quantitative estimate of drug-likeness (QED) is 0.781. The van der Waals surface area contributed by atoms with Gasteiger partial charge >= 0.3 is 13.5 Å². The Morgan fingerprint density at radius 2 is 1.81 bits per heavy atom. The average molecular weight is 304 g/mol. The van der Waals surface area contributed by atoms with Crippen LogP contribution in [0.3, 0.4) is 0 Å². The molecule has 21 heavy (non-hydrogen) atoms. The van der Waals surface area contributed by atoms with Crippen molar-refractivity contribution in [3.05, 3.63) is 24.3 Å². The standard InChI is InChI=1S/C13H16BF3O4/c1-2-7-18-12-8-19-14(20-9-12)10-3-5-11(6-4-10)21-13(15,16)17/h3-6,12H,2,7-9H2,1H3. The molecule has 0 aromatic heterocycles.